The molecule has 1 aliphatic carbocycles. The van der Waals surface area contributed by atoms with E-state index in [0.29, 0.717) is 0 Å². The molecule has 0 radical (unpaired) electrons. The highest BCUT2D eigenvalue weighted by Gasteiger charge is 2.15. The monoisotopic (exact) mass is 284 g/mol. The lowest BCUT2D eigenvalue weighted by Crippen LogP contribution is -2.10. The molecule has 1 atom stereocenters. The zero-order valence-electron chi connectivity index (χ0n) is 10.1. The van der Waals surface area contributed by atoms with E-state index >= 15 is 0 Å². The molecule has 90 valence electrons. The lowest BCUT2D eigenvalue weighted by atomic mass is 10.0. The predicted octanol–water partition coefficient (Wildman–Crippen LogP) is 3.57. The van der Waals surface area contributed by atoms with Gasteiger partial charge in [0.25, 0.3) is 0 Å². The van der Waals surface area contributed by atoms with Crippen LogP contribution in [0.1, 0.15) is 44.0 Å². The number of imidazole rings is 1. The first-order chi connectivity index (χ1) is 7.81. The van der Waals surface area contributed by atoms with Gasteiger partial charge >= 0.3 is 0 Å². The van der Waals surface area contributed by atoms with E-state index in [1.54, 1.807) is 0 Å². The molecule has 1 heterocycles. The van der Waals surface area contributed by atoms with Crippen LogP contribution >= 0.6 is 15.9 Å². The lowest BCUT2D eigenvalue weighted by Gasteiger charge is -2.15. The average Bonchev–Trinajstić information content (AvgIpc) is 2.70. The molecule has 0 aliphatic heterocycles. The van der Waals surface area contributed by atoms with Crippen LogP contribution < -0.4 is 0 Å². The number of rotatable bonds is 5. The second-order valence-corrected chi connectivity index (χ2v) is 5.70. The molecule has 0 fully saturated rings. The lowest BCUT2D eigenvalue weighted by molar-refractivity contribution is 0.462. The number of fused-ring (bicyclic) bond motifs is 1. The molecular formula is C13H21BrN2. The van der Waals surface area contributed by atoms with Crippen molar-refractivity contribution in [1.29, 1.82) is 0 Å². The van der Waals surface area contributed by atoms with Crippen molar-refractivity contribution >= 4 is 15.9 Å². The SMILES string of the molecule is CC(CCBr)CCn1cnc2c1CCCC2. The Hall–Kier alpha value is -0.310. The Labute approximate surface area is 107 Å². The van der Waals surface area contributed by atoms with Crippen molar-refractivity contribution in [2.45, 2.75) is 52.0 Å². The number of nitrogens with zero attached hydrogens (tertiary/aromatic N) is 2. The molecule has 1 aromatic rings. The molecule has 0 saturated heterocycles. The van der Waals surface area contributed by atoms with Crippen LogP contribution in [0.5, 0.6) is 0 Å². The van der Waals surface area contributed by atoms with Crippen molar-refractivity contribution in [2.24, 2.45) is 5.92 Å². The van der Waals surface area contributed by atoms with Crippen LogP contribution in [0.2, 0.25) is 0 Å². The fourth-order valence-corrected chi connectivity index (χ4v) is 3.20. The third-order valence-corrected chi connectivity index (χ3v) is 4.03. The maximum Gasteiger partial charge on any atom is 0.0951 e. The maximum absolute atomic E-state index is 4.53. The van der Waals surface area contributed by atoms with E-state index in [1.807, 2.05) is 0 Å². The molecule has 3 heteroatoms. The maximum atomic E-state index is 4.53. The number of hydrogen-bond donors (Lipinski definition) is 0. The molecule has 0 N–H and O–H groups in total. The topological polar surface area (TPSA) is 17.8 Å². The van der Waals surface area contributed by atoms with Gasteiger partial charge in [-0.1, -0.05) is 22.9 Å². The molecule has 2 rings (SSSR count). The van der Waals surface area contributed by atoms with E-state index in [0.717, 1.165) is 17.8 Å². The standard InChI is InChI=1S/C13H21BrN2/c1-11(6-8-14)7-9-16-10-15-12-4-2-3-5-13(12)16/h10-11H,2-9H2,1H3. The highest BCUT2D eigenvalue weighted by molar-refractivity contribution is 9.09. The van der Waals surface area contributed by atoms with Gasteiger partial charge in [-0.25, -0.2) is 4.98 Å². The Morgan fingerprint density at radius 3 is 3.00 bits per heavy atom. The minimum atomic E-state index is 0.806. The van der Waals surface area contributed by atoms with E-state index in [2.05, 4.69) is 38.7 Å². The highest BCUT2D eigenvalue weighted by Crippen LogP contribution is 2.21. The second kappa shape index (κ2) is 5.85. The molecule has 0 spiro atoms. The first kappa shape index (κ1) is 12.2. The zero-order valence-corrected chi connectivity index (χ0v) is 11.7. The van der Waals surface area contributed by atoms with Gasteiger partial charge in [-0.15, -0.1) is 0 Å². The van der Waals surface area contributed by atoms with Gasteiger partial charge in [-0.2, -0.15) is 0 Å². The summed E-state index contributed by atoms with van der Waals surface area (Å²) >= 11 is 3.51. The highest BCUT2D eigenvalue weighted by atomic mass is 79.9. The summed E-state index contributed by atoms with van der Waals surface area (Å²) in [4.78, 5) is 4.53. The van der Waals surface area contributed by atoms with Crippen molar-refractivity contribution < 1.29 is 0 Å². The summed E-state index contributed by atoms with van der Waals surface area (Å²) in [6.45, 7) is 3.49. The van der Waals surface area contributed by atoms with Gasteiger partial charge in [0.15, 0.2) is 0 Å². The summed E-state index contributed by atoms with van der Waals surface area (Å²) in [6, 6.07) is 0. The molecule has 0 aromatic carbocycles. The largest absolute Gasteiger partial charge is 0.334 e. The van der Waals surface area contributed by atoms with Crippen molar-refractivity contribution in [3.05, 3.63) is 17.7 Å². The Morgan fingerprint density at radius 2 is 2.19 bits per heavy atom. The van der Waals surface area contributed by atoms with Crippen molar-refractivity contribution in [3.63, 3.8) is 0 Å². The van der Waals surface area contributed by atoms with E-state index in [4.69, 9.17) is 0 Å². The minimum absolute atomic E-state index is 0.806. The number of aromatic nitrogens is 2. The zero-order chi connectivity index (χ0) is 11.4. The predicted molar refractivity (Wildman–Crippen MR) is 71.1 cm³/mol. The van der Waals surface area contributed by atoms with Crippen LogP contribution in [0.4, 0.5) is 0 Å². The average molecular weight is 285 g/mol. The number of alkyl halides is 1. The Morgan fingerprint density at radius 1 is 1.38 bits per heavy atom. The van der Waals surface area contributed by atoms with Crippen molar-refractivity contribution in [1.82, 2.24) is 9.55 Å². The molecule has 0 bridgehead atoms. The molecule has 2 nitrogen and oxygen atoms in total. The van der Waals surface area contributed by atoms with Crippen molar-refractivity contribution in [2.75, 3.05) is 5.33 Å². The number of halogens is 1. The Kier molecular flexibility index (Phi) is 4.45. The van der Waals surface area contributed by atoms with Crippen LogP contribution in [0, 0.1) is 5.92 Å². The molecule has 16 heavy (non-hydrogen) atoms. The quantitative estimate of drug-likeness (QED) is 0.756. The third-order valence-electron chi connectivity index (χ3n) is 3.57. The first-order valence-corrected chi connectivity index (χ1v) is 7.52. The fourth-order valence-electron chi connectivity index (χ4n) is 2.41. The Balaban J connectivity index is 1.92. The fraction of sp³-hybridized carbons (Fsp3) is 0.769. The molecular weight excluding hydrogens is 264 g/mol. The summed E-state index contributed by atoms with van der Waals surface area (Å²) in [6.07, 6.45) is 9.70. The van der Waals surface area contributed by atoms with E-state index in [-0.39, 0.29) is 0 Å². The van der Waals surface area contributed by atoms with Crippen LogP contribution in [0.3, 0.4) is 0 Å². The van der Waals surface area contributed by atoms with Gasteiger partial charge in [0.2, 0.25) is 0 Å². The summed E-state index contributed by atoms with van der Waals surface area (Å²) in [5.74, 6) is 0.806. The number of hydrogen-bond acceptors (Lipinski definition) is 1. The first-order valence-electron chi connectivity index (χ1n) is 6.40. The van der Waals surface area contributed by atoms with Gasteiger partial charge in [0.1, 0.15) is 0 Å². The second-order valence-electron chi connectivity index (χ2n) is 4.91. The smallest absolute Gasteiger partial charge is 0.0951 e. The summed E-state index contributed by atoms with van der Waals surface area (Å²) in [5, 5.41) is 1.12. The van der Waals surface area contributed by atoms with E-state index < -0.39 is 0 Å². The minimum Gasteiger partial charge on any atom is -0.334 e. The van der Waals surface area contributed by atoms with Crippen LogP contribution in [0.15, 0.2) is 6.33 Å². The van der Waals surface area contributed by atoms with Gasteiger partial charge in [-0.05, 0) is 44.4 Å². The molecule has 0 saturated carbocycles. The molecule has 1 aromatic heterocycles. The van der Waals surface area contributed by atoms with Crippen molar-refractivity contribution in [3.8, 4) is 0 Å². The molecule has 1 aliphatic rings. The van der Waals surface area contributed by atoms with E-state index in [9.17, 15) is 0 Å². The van der Waals surface area contributed by atoms with Crippen LogP contribution in [-0.2, 0) is 19.4 Å². The Bertz CT molecular complexity index is 333. The van der Waals surface area contributed by atoms with Gasteiger partial charge in [-0.3, -0.25) is 0 Å². The normalized spacial score (nSPS) is 17.1. The third kappa shape index (κ3) is 2.88. The summed E-state index contributed by atoms with van der Waals surface area (Å²) in [5.41, 5.74) is 2.87. The summed E-state index contributed by atoms with van der Waals surface area (Å²) < 4.78 is 2.39. The van der Waals surface area contributed by atoms with E-state index in [1.165, 1.54) is 49.9 Å². The van der Waals surface area contributed by atoms with Gasteiger partial charge < -0.3 is 4.57 Å². The summed E-state index contributed by atoms with van der Waals surface area (Å²) in [7, 11) is 0. The molecule has 0 amide bonds. The van der Waals surface area contributed by atoms with Gasteiger partial charge in [0, 0.05) is 17.6 Å². The molecule has 1 unspecified atom stereocenters. The number of aryl methyl sites for hydroxylation is 2. The van der Waals surface area contributed by atoms with Crippen LogP contribution in [0.25, 0.3) is 0 Å². The van der Waals surface area contributed by atoms with Crippen LogP contribution in [-0.4, -0.2) is 14.9 Å². The van der Waals surface area contributed by atoms with Gasteiger partial charge in [0.05, 0.1) is 12.0 Å².